The molecule has 0 unspecified atom stereocenters. The average Bonchev–Trinajstić information content (AvgIpc) is 3.09. The molecule has 164 valence electrons. The lowest BCUT2D eigenvalue weighted by molar-refractivity contribution is -0.143. The number of ether oxygens (including phenoxy) is 2. The maximum absolute atomic E-state index is 13.1. The highest BCUT2D eigenvalue weighted by atomic mass is 35.5. The summed E-state index contributed by atoms with van der Waals surface area (Å²) in [6, 6.07) is 14.5. The lowest BCUT2D eigenvalue weighted by atomic mass is 10.0. The van der Waals surface area contributed by atoms with Gasteiger partial charge in [0.15, 0.2) is 0 Å². The minimum atomic E-state index is -0.219. The number of nitrogens with zero attached hydrogens (tertiary/aromatic N) is 1. The molecule has 1 aliphatic heterocycles. The number of halogens is 1. The van der Waals surface area contributed by atoms with Gasteiger partial charge < -0.3 is 20.1 Å². The number of esters is 1. The number of hydrogen-bond acceptors (Lipinski definition) is 5. The van der Waals surface area contributed by atoms with E-state index in [0.717, 1.165) is 11.1 Å². The van der Waals surface area contributed by atoms with Crippen LogP contribution in [0.25, 0.3) is 5.57 Å². The molecule has 2 aromatic rings. The van der Waals surface area contributed by atoms with Crippen LogP contribution in [0.4, 0.5) is 5.69 Å². The molecule has 0 aliphatic carbocycles. The van der Waals surface area contributed by atoms with Crippen molar-refractivity contribution >= 4 is 41.4 Å². The summed E-state index contributed by atoms with van der Waals surface area (Å²) in [5.74, 6) is 0.203. The van der Waals surface area contributed by atoms with Crippen molar-refractivity contribution in [3.8, 4) is 0 Å². The van der Waals surface area contributed by atoms with Crippen molar-refractivity contribution < 1.29 is 19.1 Å². The number of methoxy groups -OCH3 is 1. The Morgan fingerprint density at radius 3 is 2.32 bits per heavy atom. The summed E-state index contributed by atoms with van der Waals surface area (Å²) < 4.78 is 10.5. The minimum absolute atomic E-state index is 0. The van der Waals surface area contributed by atoms with E-state index in [1.165, 1.54) is 0 Å². The second-order valence-electron chi connectivity index (χ2n) is 6.86. The summed E-state index contributed by atoms with van der Waals surface area (Å²) in [4.78, 5) is 26.3. The molecule has 0 radical (unpaired) electrons. The predicted molar refractivity (Wildman–Crippen MR) is 122 cm³/mol. The predicted octanol–water partition coefficient (Wildman–Crippen LogP) is 3.29. The van der Waals surface area contributed by atoms with Gasteiger partial charge in [0.1, 0.15) is 11.6 Å². The van der Waals surface area contributed by atoms with Gasteiger partial charge in [0, 0.05) is 17.7 Å². The first kappa shape index (κ1) is 24.0. The van der Waals surface area contributed by atoms with Crippen LogP contribution in [0.2, 0.25) is 0 Å². The Balaban J connectivity index is 0.00000341. The Hall–Kier alpha value is -3.32. The van der Waals surface area contributed by atoms with Crippen LogP contribution in [-0.4, -0.2) is 38.0 Å². The van der Waals surface area contributed by atoms with E-state index in [1.807, 2.05) is 24.3 Å². The first-order chi connectivity index (χ1) is 14.4. The lowest BCUT2D eigenvalue weighted by Crippen LogP contribution is -2.26. The lowest BCUT2D eigenvalue weighted by Gasteiger charge is -2.17. The molecule has 1 amide bonds. The molecule has 8 heteroatoms. The Kier molecular flexibility index (Phi) is 8.22. The van der Waals surface area contributed by atoms with E-state index in [2.05, 4.69) is 0 Å². The van der Waals surface area contributed by atoms with Gasteiger partial charge in [0.2, 0.25) is 0 Å². The Labute approximate surface area is 187 Å². The Morgan fingerprint density at radius 2 is 1.77 bits per heavy atom. The molecule has 2 aromatic carbocycles. The zero-order chi connectivity index (χ0) is 21.7. The minimum Gasteiger partial charge on any atom is -0.498 e. The van der Waals surface area contributed by atoms with E-state index in [4.69, 9.17) is 20.6 Å². The number of aryl methyl sites for hydroxylation is 1. The maximum atomic E-state index is 13.1. The van der Waals surface area contributed by atoms with Crippen molar-refractivity contribution in [1.29, 1.82) is 5.41 Å². The van der Waals surface area contributed by atoms with E-state index in [0.29, 0.717) is 48.6 Å². The number of amides is 1. The summed E-state index contributed by atoms with van der Waals surface area (Å²) in [6.07, 6.45) is 0.903. The van der Waals surface area contributed by atoms with Gasteiger partial charge in [-0.05, 0) is 48.7 Å². The number of anilines is 1. The Morgan fingerprint density at radius 1 is 1.13 bits per heavy atom. The van der Waals surface area contributed by atoms with Crippen LogP contribution in [0.3, 0.4) is 0 Å². The highest BCUT2D eigenvalue weighted by Crippen LogP contribution is 2.32. The fourth-order valence-corrected chi connectivity index (χ4v) is 3.35. The fourth-order valence-electron chi connectivity index (χ4n) is 3.35. The van der Waals surface area contributed by atoms with Gasteiger partial charge >= 0.3 is 5.97 Å². The molecule has 7 nitrogen and oxygen atoms in total. The molecule has 0 saturated carbocycles. The first-order valence-corrected chi connectivity index (χ1v) is 9.73. The summed E-state index contributed by atoms with van der Waals surface area (Å²) in [5.41, 5.74) is 9.09. The molecule has 1 heterocycles. The van der Waals surface area contributed by atoms with Crippen molar-refractivity contribution in [1.82, 2.24) is 0 Å². The number of hydrogen-bond donors (Lipinski definition) is 2. The molecule has 0 aromatic heterocycles. The van der Waals surface area contributed by atoms with Crippen molar-refractivity contribution in [3.05, 3.63) is 71.0 Å². The van der Waals surface area contributed by atoms with Crippen LogP contribution in [-0.2, 0) is 25.5 Å². The second-order valence-corrected chi connectivity index (χ2v) is 6.86. The number of rotatable bonds is 8. The molecule has 1 aliphatic rings. The summed E-state index contributed by atoms with van der Waals surface area (Å²) in [5, 5.41) is 7.50. The average molecular weight is 444 g/mol. The fraction of sp³-hybridized carbons (Fsp3) is 0.261. The summed E-state index contributed by atoms with van der Waals surface area (Å²) >= 11 is 0. The van der Waals surface area contributed by atoms with E-state index in [1.54, 1.807) is 43.2 Å². The topological polar surface area (TPSA) is 106 Å². The monoisotopic (exact) mass is 443 g/mol. The molecular weight excluding hydrogens is 418 g/mol. The van der Waals surface area contributed by atoms with E-state index in [-0.39, 0.29) is 30.1 Å². The number of nitrogens with one attached hydrogen (secondary N) is 1. The van der Waals surface area contributed by atoms with Crippen LogP contribution in [0, 0.1) is 5.41 Å². The van der Waals surface area contributed by atoms with Gasteiger partial charge in [-0.25, -0.2) is 0 Å². The van der Waals surface area contributed by atoms with Crippen LogP contribution in [0.15, 0.2) is 54.3 Å². The molecule has 0 saturated heterocycles. The molecule has 0 atom stereocenters. The number of carbonyl (C=O) groups is 2. The van der Waals surface area contributed by atoms with Gasteiger partial charge in [-0.1, -0.05) is 24.3 Å². The normalized spacial score (nSPS) is 13.1. The highest BCUT2D eigenvalue weighted by Gasteiger charge is 2.33. The van der Waals surface area contributed by atoms with Gasteiger partial charge in [-0.15, -0.1) is 12.4 Å². The van der Waals surface area contributed by atoms with Crippen molar-refractivity contribution in [2.45, 2.75) is 19.8 Å². The summed E-state index contributed by atoms with van der Waals surface area (Å²) in [6.45, 7) is 2.49. The molecular formula is C23H26ClN3O4. The first-order valence-electron chi connectivity index (χ1n) is 9.73. The van der Waals surface area contributed by atoms with Crippen LogP contribution < -0.4 is 10.6 Å². The number of benzene rings is 2. The second kappa shape index (κ2) is 10.6. The zero-order valence-electron chi connectivity index (χ0n) is 17.5. The van der Waals surface area contributed by atoms with E-state index < -0.39 is 0 Å². The smallest absolute Gasteiger partial charge is 0.306 e. The van der Waals surface area contributed by atoms with Crippen molar-refractivity contribution in [2.75, 3.05) is 25.2 Å². The molecule has 3 rings (SSSR count). The summed E-state index contributed by atoms with van der Waals surface area (Å²) in [7, 11) is 1.55. The van der Waals surface area contributed by atoms with Gasteiger partial charge in [-0.2, -0.15) is 0 Å². The molecule has 0 spiro atoms. The van der Waals surface area contributed by atoms with Gasteiger partial charge in [0.05, 0.1) is 25.8 Å². The van der Waals surface area contributed by atoms with Crippen molar-refractivity contribution in [3.63, 3.8) is 0 Å². The molecule has 0 bridgehead atoms. The zero-order valence-corrected chi connectivity index (χ0v) is 18.3. The van der Waals surface area contributed by atoms with Crippen LogP contribution >= 0.6 is 12.4 Å². The van der Waals surface area contributed by atoms with E-state index >= 15 is 0 Å². The van der Waals surface area contributed by atoms with Crippen LogP contribution in [0.5, 0.6) is 0 Å². The maximum Gasteiger partial charge on any atom is 0.306 e. The number of carbonyl (C=O) groups excluding carboxylic acids is 2. The third-order valence-corrected chi connectivity index (χ3v) is 4.94. The third kappa shape index (κ3) is 5.44. The van der Waals surface area contributed by atoms with Gasteiger partial charge in [-0.3, -0.25) is 15.0 Å². The third-order valence-electron chi connectivity index (χ3n) is 4.94. The standard InChI is InChI=1S/C23H25N3O4.ClH/c1-3-30-20(27)13-6-15-4-7-16(8-5-15)21-19(29-2)14-26(23(21)28)18-11-9-17(10-12-18)22(24)25;/h4-5,7-12H,3,6,13-14H2,1-2H3,(H3,24,25);1H. The quantitative estimate of drug-likeness (QED) is 0.370. The van der Waals surface area contributed by atoms with E-state index in [9.17, 15) is 9.59 Å². The van der Waals surface area contributed by atoms with Crippen LogP contribution in [0.1, 0.15) is 30.0 Å². The molecule has 0 fully saturated rings. The number of nitrogens with two attached hydrogens (primary N) is 1. The molecule has 31 heavy (non-hydrogen) atoms. The largest absolute Gasteiger partial charge is 0.498 e. The SMILES string of the molecule is CCOC(=O)CCc1ccc(C2=C(OC)CN(c3ccc(C(=N)N)cc3)C2=O)cc1.Cl. The Bertz CT molecular complexity index is 985. The van der Waals surface area contributed by atoms with Crippen molar-refractivity contribution in [2.24, 2.45) is 5.73 Å². The van der Waals surface area contributed by atoms with Gasteiger partial charge in [0.25, 0.3) is 5.91 Å². The molecule has 3 N–H and O–H groups in total. The number of nitrogen functional groups attached to an aromatic ring is 1. The number of amidine groups is 1. The highest BCUT2D eigenvalue weighted by molar-refractivity contribution is 6.29.